The molecule has 0 bridgehead atoms. The molecule has 3 nitrogen and oxygen atoms in total. The third-order valence-corrected chi connectivity index (χ3v) is 5.50. The number of hydrogen-bond donors (Lipinski definition) is 1. The van der Waals surface area contributed by atoms with Gasteiger partial charge in [0.2, 0.25) is 0 Å². The largest absolute Gasteiger partial charge is 0.480 e. The molecule has 1 aliphatic heterocycles. The van der Waals surface area contributed by atoms with Crippen molar-refractivity contribution in [1.82, 2.24) is 9.97 Å². The molecule has 1 aliphatic carbocycles. The maximum absolute atomic E-state index is 6.10. The molecule has 2 heterocycles. The number of H-pyrrole nitrogens is 1. The molecule has 1 unspecified atom stereocenters. The molecule has 1 aromatic carbocycles. The highest BCUT2D eigenvalue weighted by Gasteiger charge is 2.25. The van der Waals surface area contributed by atoms with Crippen molar-refractivity contribution in [3.05, 3.63) is 46.0 Å². The molecule has 0 spiro atoms. The summed E-state index contributed by atoms with van der Waals surface area (Å²) in [6.07, 6.45) is 4.53. The van der Waals surface area contributed by atoms with Crippen molar-refractivity contribution in [1.29, 1.82) is 0 Å². The van der Waals surface area contributed by atoms with Gasteiger partial charge >= 0.3 is 0 Å². The molecule has 1 atom stereocenters. The number of fused-ring (bicyclic) bond motifs is 2. The van der Waals surface area contributed by atoms with E-state index in [-0.39, 0.29) is 6.10 Å². The van der Waals surface area contributed by atoms with Crippen molar-refractivity contribution in [3.8, 4) is 5.75 Å². The Morgan fingerprint density at radius 1 is 1.24 bits per heavy atom. The van der Waals surface area contributed by atoms with Crippen LogP contribution < -0.4 is 4.74 Å². The van der Waals surface area contributed by atoms with Crippen LogP contribution in [0.4, 0.5) is 0 Å². The second-order valence-electron chi connectivity index (χ2n) is 5.46. The predicted molar refractivity (Wildman–Crippen MR) is 86.6 cm³/mol. The average molecular weight is 316 g/mol. The summed E-state index contributed by atoms with van der Waals surface area (Å²) in [7, 11) is 0. The molecule has 21 heavy (non-hydrogen) atoms. The van der Waals surface area contributed by atoms with E-state index in [4.69, 9.17) is 17.0 Å². The normalized spacial score (nSPS) is 20.3. The van der Waals surface area contributed by atoms with E-state index in [9.17, 15) is 0 Å². The van der Waals surface area contributed by atoms with Crippen LogP contribution >= 0.6 is 24.0 Å². The number of rotatable bonds is 1. The molecule has 0 saturated heterocycles. The highest BCUT2D eigenvalue weighted by atomic mass is 32.2. The van der Waals surface area contributed by atoms with Crippen LogP contribution in [0, 0.1) is 4.64 Å². The van der Waals surface area contributed by atoms with E-state index in [0.29, 0.717) is 0 Å². The zero-order valence-electron chi connectivity index (χ0n) is 11.6. The van der Waals surface area contributed by atoms with E-state index in [0.717, 1.165) is 34.8 Å². The molecule has 0 fully saturated rings. The van der Waals surface area contributed by atoms with Crippen LogP contribution in [-0.4, -0.2) is 15.7 Å². The number of thioether (sulfide) groups is 1. The van der Waals surface area contributed by atoms with Gasteiger partial charge in [0, 0.05) is 21.9 Å². The molecule has 108 valence electrons. The Hall–Kier alpha value is -1.33. The van der Waals surface area contributed by atoms with Crippen LogP contribution in [0.2, 0.25) is 0 Å². The molecular weight excluding hydrogens is 300 g/mol. The van der Waals surface area contributed by atoms with Gasteiger partial charge in [-0.05, 0) is 37.8 Å². The highest BCUT2D eigenvalue weighted by Crippen LogP contribution is 2.39. The number of aromatic amines is 1. The van der Waals surface area contributed by atoms with Gasteiger partial charge < -0.3 is 9.72 Å². The first kappa shape index (κ1) is 13.3. The van der Waals surface area contributed by atoms with E-state index in [1.165, 1.54) is 29.0 Å². The molecule has 4 rings (SSSR count). The summed E-state index contributed by atoms with van der Waals surface area (Å²) in [6, 6.07) is 8.16. The third kappa shape index (κ3) is 2.49. The fourth-order valence-corrected chi connectivity index (χ4v) is 4.26. The molecule has 2 aliphatic rings. The molecule has 1 aromatic heterocycles. The first-order chi connectivity index (χ1) is 10.3. The maximum Gasteiger partial charge on any atom is 0.165 e. The highest BCUT2D eigenvalue weighted by molar-refractivity contribution is 7.99. The summed E-state index contributed by atoms with van der Waals surface area (Å²) in [5.74, 6) is 2.69. The number of para-hydroxylation sites is 1. The SMILES string of the molecule is S=c1nc(C2CSc3ccccc3O2)[nH]c2c1CCCC2. The van der Waals surface area contributed by atoms with Crippen molar-refractivity contribution in [2.75, 3.05) is 5.75 Å². The predicted octanol–water partition coefficient (Wildman–Crippen LogP) is 4.24. The lowest BCUT2D eigenvalue weighted by atomic mass is 9.97. The molecule has 0 amide bonds. The lowest BCUT2D eigenvalue weighted by Gasteiger charge is -2.26. The van der Waals surface area contributed by atoms with Gasteiger partial charge in [0.1, 0.15) is 16.2 Å². The average Bonchev–Trinajstić information content (AvgIpc) is 2.54. The van der Waals surface area contributed by atoms with Crippen LogP contribution in [0.1, 0.15) is 36.0 Å². The van der Waals surface area contributed by atoms with Crippen LogP contribution in [0.15, 0.2) is 29.2 Å². The summed E-state index contributed by atoms with van der Waals surface area (Å²) in [4.78, 5) is 9.29. The summed E-state index contributed by atoms with van der Waals surface area (Å²) in [5, 5.41) is 0. The van der Waals surface area contributed by atoms with Crippen molar-refractivity contribution < 1.29 is 4.74 Å². The fourth-order valence-electron chi connectivity index (χ4n) is 2.95. The Morgan fingerprint density at radius 3 is 3.05 bits per heavy atom. The van der Waals surface area contributed by atoms with Gasteiger partial charge in [-0.25, -0.2) is 4.98 Å². The van der Waals surface area contributed by atoms with Crippen LogP contribution in [-0.2, 0) is 12.8 Å². The zero-order valence-corrected chi connectivity index (χ0v) is 13.2. The van der Waals surface area contributed by atoms with Gasteiger partial charge in [0.05, 0.1) is 0 Å². The van der Waals surface area contributed by atoms with Crippen LogP contribution in [0.3, 0.4) is 0 Å². The Morgan fingerprint density at radius 2 is 2.10 bits per heavy atom. The number of nitrogens with zero attached hydrogens (tertiary/aromatic N) is 1. The summed E-state index contributed by atoms with van der Waals surface area (Å²) >= 11 is 7.30. The quantitative estimate of drug-likeness (QED) is 0.798. The number of nitrogens with one attached hydrogen (secondary N) is 1. The van der Waals surface area contributed by atoms with Crippen LogP contribution in [0.5, 0.6) is 5.75 Å². The van der Waals surface area contributed by atoms with E-state index >= 15 is 0 Å². The van der Waals surface area contributed by atoms with Crippen molar-refractivity contribution in [2.45, 2.75) is 36.7 Å². The van der Waals surface area contributed by atoms with Crippen LogP contribution in [0.25, 0.3) is 0 Å². The van der Waals surface area contributed by atoms with Gasteiger partial charge in [-0.15, -0.1) is 11.8 Å². The van der Waals surface area contributed by atoms with Gasteiger partial charge in [0.25, 0.3) is 0 Å². The monoisotopic (exact) mass is 316 g/mol. The van der Waals surface area contributed by atoms with E-state index < -0.39 is 0 Å². The minimum Gasteiger partial charge on any atom is -0.480 e. The number of hydrogen-bond acceptors (Lipinski definition) is 4. The number of aromatic nitrogens is 2. The van der Waals surface area contributed by atoms with Crippen molar-refractivity contribution in [3.63, 3.8) is 0 Å². The Balaban J connectivity index is 1.69. The van der Waals surface area contributed by atoms with Gasteiger partial charge in [0.15, 0.2) is 6.10 Å². The third-order valence-electron chi connectivity index (χ3n) is 4.04. The first-order valence-corrected chi connectivity index (χ1v) is 8.71. The van der Waals surface area contributed by atoms with Crippen molar-refractivity contribution >= 4 is 24.0 Å². The Labute approximate surface area is 133 Å². The Kier molecular flexibility index (Phi) is 3.47. The van der Waals surface area contributed by atoms with Gasteiger partial charge in [-0.2, -0.15) is 0 Å². The zero-order chi connectivity index (χ0) is 14.2. The molecule has 5 heteroatoms. The Bertz CT molecular complexity index is 741. The molecule has 0 saturated carbocycles. The lowest BCUT2D eigenvalue weighted by molar-refractivity contribution is 0.209. The smallest absolute Gasteiger partial charge is 0.165 e. The molecule has 1 N–H and O–H groups in total. The van der Waals surface area contributed by atoms with Crippen molar-refractivity contribution in [2.24, 2.45) is 0 Å². The van der Waals surface area contributed by atoms with E-state index in [1.807, 2.05) is 30.0 Å². The second kappa shape index (κ2) is 5.46. The minimum absolute atomic E-state index is 0.0428. The topological polar surface area (TPSA) is 37.9 Å². The van der Waals surface area contributed by atoms with E-state index in [2.05, 4.69) is 16.0 Å². The standard InChI is InChI=1S/C16H16N2OS2/c20-16-10-5-1-2-6-11(10)17-15(18-16)13-9-21-14-8-4-3-7-12(14)19-13/h3-4,7-8,13H,1-2,5-6,9H2,(H,17,18,20). The summed E-state index contributed by atoms with van der Waals surface area (Å²) in [5.41, 5.74) is 2.51. The lowest BCUT2D eigenvalue weighted by Crippen LogP contribution is -2.20. The molecule has 0 radical (unpaired) electrons. The summed E-state index contributed by atoms with van der Waals surface area (Å²) < 4.78 is 6.86. The first-order valence-electron chi connectivity index (χ1n) is 7.32. The van der Waals surface area contributed by atoms with Gasteiger partial charge in [-0.1, -0.05) is 24.4 Å². The number of aryl methyl sites for hydroxylation is 1. The maximum atomic E-state index is 6.10. The number of benzene rings is 1. The van der Waals surface area contributed by atoms with E-state index in [1.54, 1.807) is 0 Å². The minimum atomic E-state index is -0.0428. The second-order valence-corrected chi connectivity index (χ2v) is 6.90. The fraction of sp³-hybridized carbons (Fsp3) is 0.375. The van der Waals surface area contributed by atoms with Gasteiger partial charge in [-0.3, -0.25) is 0 Å². The molecule has 2 aromatic rings. The number of ether oxygens (including phenoxy) is 1. The summed E-state index contributed by atoms with van der Waals surface area (Å²) in [6.45, 7) is 0. The molecular formula is C16H16N2OS2.